The maximum absolute atomic E-state index is 16.5. The second-order valence-electron chi connectivity index (χ2n) is 10.2. The number of anilines is 2. The number of ketones is 1. The Labute approximate surface area is 229 Å². The van der Waals surface area contributed by atoms with Gasteiger partial charge in [0.15, 0.2) is 11.4 Å². The van der Waals surface area contributed by atoms with E-state index in [4.69, 9.17) is 20.8 Å². The van der Waals surface area contributed by atoms with Crippen LogP contribution in [0.15, 0.2) is 34.7 Å². The summed E-state index contributed by atoms with van der Waals surface area (Å²) in [5, 5.41) is 13.1. The van der Waals surface area contributed by atoms with Gasteiger partial charge in [0, 0.05) is 30.2 Å². The van der Waals surface area contributed by atoms with Gasteiger partial charge in [-0.1, -0.05) is 36.6 Å². The summed E-state index contributed by atoms with van der Waals surface area (Å²) in [6, 6.07) is 8.15. The molecule has 2 aromatic carbocycles. The lowest BCUT2D eigenvalue weighted by molar-refractivity contribution is -0.258. The van der Waals surface area contributed by atoms with Crippen LogP contribution >= 0.6 is 11.6 Å². The quantitative estimate of drug-likeness (QED) is 0.299. The van der Waals surface area contributed by atoms with Gasteiger partial charge in [-0.15, -0.1) is 0 Å². The normalized spacial score (nSPS) is 21.6. The number of benzene rings is 2. The largest absolute Gasteiger partial charge is 0.481 e. The minimum Gasteiger partial charge on any atom is -0.481 e. The van der Waals surface area contributed by atoms with E-state index in [1.54, 1.807) is 12.1 Å². The van der Waals surface area contributed by atoms with E-state index < -0.39 is 42.0 Å². The predicted molar refractivity (Wildman–Crippen MR) is 141 cm³/mol. The van der Waals surface area contributed by atoms with Gasteiger partial charge >= 0.3 is 11.9 Å². The number of hydrogen-bond donors (Lipinski definition) is 2. The molecule has 3 atom stereocenters. The maximum Gasteiger partial charge on any atom is 0.330 e. The summed E-state index contributed by atoms with van der Waals surface area (Å²) in [7, 11) is 0. The van der Waals surface area contributed by atoms with Crippen LogP contribution in [-0.2, 0) is 20.7 Å². The van der Waals surface area contributed by atoms with Gasteiger partial charge in [-0.05, 0) is 61.9 Å². The minimum absolute atomic E-state index is 0.0370. The van der Waals surface area contributed by atoms with Gasteiger partial charge in [-0.2, -0.15) is 9.37 Å². The van der Waals surface area contributed by atoms with E-state index in [-0.39, 0.29) is 35.8 Å². The third kappa shape index (κ3) is 5.64. The lowest BCUT2D eigenvalue weighted by Gasteiger charge is -2.39. The number of aryl methyl sites for hydroxylation is 1. The van der Waals surface area contributed by atoms with Crippen molar-refractivity contribution in [1.82, 2.24) is 9.88 Å². The van der Waals surface area contributed by atoms with Gasteiger partial charge in [0.2, 0.25) is 5.78 Å². The summed E-state index contributed by atoms with van der Waals surface area (Å²) < 4.78 is 43.4. The first-order chi connectivity index (χ1) is 18.7. The number of nitrogens with one attached hydrogen (secondary N) is 1. The van der Waals surface area contributed by atoms with Gasteiger partial charge in [-0.25, -0.2) is 9.29 Å². The SMILES string of the molecule is Cc1ccc(Cl)cc1Nc1nc2ccc(CC(=O)C(F)(OC3CCCCC3C(=O)O)N3CCCC3)c(F)c2o1. The zero-order chi connectivity index (χ0) is 27.7. The summed E-state index contributed by atoms with van der Waals surface area (Å²) in [6.07, 6.45) is 1.87. The molecule has 0 amide bonds. The van der Waals surface area contributed by atoms with Crippen molar-refractivity contribution in [1.29, 1.82) is 0 Å². The minimum atomic E-state index is -2.86. The third-order valence-electron chi connectivity index (χ3n) is 7.55. The standard InChI is InChI=1S/C28H30ClF2N3O5/c1-16-8-10-18(29)15-21(16)33-27-32-20-11-9-17(24(30)25(20)38-27)14-23(35)28(31,34-12-4-5-13-34)39-22-7-3-2-6-19(22)26(36)37/h8-11,15,19,22H,2-7,12-14H2,1H3,(H,32,33)(H,36,37). The van der Waals surface area contributed by atoms with Crippen molar-refractivity contribution >= 4 is 46.2 Å². The molecule has 2 fully saturated rings. The van der Waals surface area contributed by atoms with E-state index in [9.17, 15) is 14.7 Å². The molecule has 2 heterocycles. The molecule has 11 heteroatoms. The second-order valence-corrected chi connectivity index (χ2v) is 10.7. The highest BCUT2D eigenvalue weighted by Gasteiger charge is 2.50. The van der Waals surface area contributed by atoms with Crippen molar-refractivity contribution in [3.63, 3.8) is 0 Å². The summed E-state index contributed by atoms with van der Waals surface area (Å²) in [6.45, 7) is 2.44. The molecular formula is C28H30ClF2N3O5. The molecule has 1 aliphatic heterocycles. The number of oxazole rings is 1. The number of carboxylic acid groups (broad SMARTS) is 1. The van der Waals surface area contributed by atoms with Gasteiger partial charge in [-0.3, -0.25) is 9.59 Å². The molecule has 3 aromatic rings. The number of rotatable bonds is 9. The molecule has 1 saturated carbocycles. The fourth-order valence-electron chi connectivity index (χ4n) is 5.36. The van der Waals surface area contributed by atoms with Crippen LogP contribution < -0.4 is 5.32 Å². The van der Waals surface area contributed by atoms with E-state index in [2.05, 4.69) is 10.3 Å². The number of carboxylic acids is 1. The molecule has 2 N–H and O–H groups in total. The Morgan fingerprint density at radius 1 is 1.21 bits per heavy atom. The summed E-state index contributed by atoms with van der Waals surface area (Å²) >= 11 is 6.07. The summed E-state index contributed by atoms with van der Waals surface area (Å²) in [4.78, 5) is 30.8. The highest BCUT2D eigenvalue weighted by molar-refractivity contribution is 6.30. The van der Waals surface area contributed by atoms with Crippen LogP contribution in [0.5, 0.6) is 0 Å². The van der Waals surface area contributed by atoms with Crippen molar-refractivity contribution in [2.75, 3.05) is 18.4 Å². The molecule has 1 aliphatic carbocycles. The monoisotopic (exact) mass is 561 g/mol. The zero-order valence-corrected chi connectivity index (χ0v) is 22.3. The van der Waals surface area contributed by atoms with Crippen LogP contribution in [0.3, 0.4) is 0 Å². The first-order valence-corrected chi connectivity index (χ1v) is 13.5. The average molecular weight is 562 g/mol. The number of halogens is 3. The average Bonchev–Trinajstić information content (AvgIpc) is 3.59. The lowest BCUT2D eigenvalue weighted by atomic mass is 9.86. The van der Waals surface area contributed by atoms with Gasteiger partial charge < -0.3 is 19.6 Å². The molecule has 1 aromatic heterocycles. The number of fused-ring (bicyclic) bond motifs is 1. The molecule has 2 aliphatic rings. The predicted octanol–water partition coefficient (Wildman–Crippen LogP) is 6.16. The van der Waals surface area contributed by atoms with Crippen LogP contribution in [0.1, 0.15) is 49.7 Å². The first kappa shape index (κ1) is 27.5. The maximum atomic E-state index is 16.5. The zero-order valence-electron chi connectivity index (χ0n) is 21.5. The van der Waals surface area contributed by atoms with Crippen molar-refractivity contribution < 1.29 is 32.6 Å². The summed E-state index contributed by atoms with van der Waals surface area (Å²) in [5.41, 5.74) is 1.49. The second kappa shape index (κ2) is 11.2. The topological polar surface area (TPSA) is 105 Å². The Kier molecular flexibility index (Phi) is 7.89. The van der Waals surface area contributed by atoms with Crippen LogP contribution in [0, 0.1) is 18.7 Å². The Hall–Kier alpha value is -3.08. The van der Waals surface area contributed by atoms with Crippen molar-refractivity contribution in [2.24, 2.45) is 5.92 Å². The molecule has 5 rings (SSSR count). The Morgan fingerprint density at radius 3 is 2.69 bits per heavy atom. The number of hydrogen-bond acceptors (Lipinski definition) is 7. The summed E-state index contributed by atoms with van der Waals surface area (Å²) in [5.74, 6) is -6.64. The molecule has 208 valence electrons. The van der Waals surface area contributed by atoms with Gasteiger partial charge in [0.25, 0.3) is 6.01 Å². The Balaban J connectivity index is 1.40. The highest BCUT2D eigenvalue weighted by Crippen LogP contribution is 2.36. The number of alkyl halides is 1. The number of aromatic nitrogens is 1. The van der Waals surface area contributed by atoms with Gasteiger partial charge in [0.1, 0.15) is 5.52 Å². The number of aliphatic carboxylic acids is 1. The van der Waals surface area contributed by atoms with E-state index in [1.807, 2.05) is 13.0 Å². The molecular weight excluding hydrogens is 532 g/mol. The molecule has 0 radical (unpaired) electrons. The highest BCUT2D eigenvalue weighted by atomic mass is 35.5. The number of Topliss-reactive ketones (excluding diaryl/α,β-unsaturated/α-hetero) is 1. The van der Waals surface area contributed by atoms with Crippen LogP contribution in [0.2, 0.25) is 5.02 Å². The van der Waals surface area contributed by atoms with Crippen molar-refractivity contribution in [3.8, 4) is 0 Å². The number of nitrogens with zero attached hydrogens (tertiary/aromatic N) is 2. The fourth-order valence-corrected chi connectivity index (χ4v) is 5.53. The molecule has 39 heavy (non-hydrogen) atoms. The van der Waals surface area contributed by atoms with E-state index in [0.29, 0.717) is 49.2 Å². The molecule has 0 bridgehead atoms. The smallest absolute Gasteiger partial charge is 0.330 e. The van der Waals surface area contributed by atoms with Crippen molar-refractivity contribution in [3.05, 3.63) is 52.3 Å². The number of ether oxygens (including phenoxy) is 1. The number of carbonyl (C=O) groups excluding carboxylic acids is 1. The molecule has 3 unspecified atom stereocenters. The number of carbonyl (C=O) groups is 2. The lowest BCUT2D eigenvalue weighted by Crippen LogP contribution is -2.56. The third-order valence-corrected chi connectivity index (χ3v) is 7.79. The van der Waals surface area contributed by atoms with Crippen molar-refractivity contribution in [2.45, 2.75) is 64.0 Å². The van der Waals surface area contributed by atoms with Crippen LogP contribution in [-0.4, -0.2) is 51.9 Å². The molecule has 1 saturated heterocycles. The van der Waals surface area contributed by atoms with Crippen LogP contribution in [0.4, 0.5) is 20.5 Å². The molecule has 8 nitrogen and oxygen atoms in total. The van der Waals surface area contributed by atoms with E-state index in [0.717, 1.165) is 5.56 Å². The van der Waals surface area contributed by atoms with E-state index >= 15 is 8.78 Å². The molecule has 0 spiro atoms. The van der Waals surface area contributed by atoms with Gasteiger partial charge in [0.05, 0.1) is 12.0 Å². The Bertz CT molecular complexity index is 1390. The van der Waals surface area contributed by atoms with Crippen LogP contribution in [0.25, 0.3) is 11.1 Å². The van der Waals surface area contributed by atoms with E-state index in [1.165, 1.54) is 17.0 Å². The fraction of sp³-hybridized carbons (Fsp3) is 0.464. The Morgan fingerprint density at radius 2 is 1.95 bits per heavy atom. The number of likely N-dealkylation sites (tertiary alicyclic amines) is 1. The first-order valence-electron chi connectivity index (χ1n) is 13.1.